The quantitative estimate of drug-likeness (QED) is 0.512. The molecule has 0 aliphatic carbocycles. The highest BCUT2D eigenvalue weighted by Crippen LogP contribution is 2.20. The predicted octanol–water partition coefficient (Wildman–Crippen LogP) is 3.17. The smallest absolute Gasteiger partial charge is 0.316 e. The summed E-state index contributed by atoms with van der Waals surface area (Å²) in [7, 11) is 1.38. The number of ether oxygens (including phenoxy) is 2. The molecule has 0 radical (unpaired) electrons. The van der Waals surface area contributed by atoms with Crippen LogP contribution in [0.1, 0.15) is 26.1 Å². The fourth-order valence-corrected chi connectivity index (χ4v) is 2.81. The first kappa shape index (κ1) is 18.3. The zero-order valence-electron chi connectivity index (χ0n) is 14.3. The molecule has 2 aromatic rings. The van der Waals surface area contributed by atoms with Crippen LogP contribution in [0.15, 0.2) is 35.5 Å². The molecule has 1 aromatic heterocycles. The number of aromatic nitrogens is 3. The van der Waals surface area contributed by atoms with Gasteiger partial charge in [-0.25, -0.2) is 0 Å². The molecule has 1 aromatic carbocycles. The van der Waals surface area contributed by atoms with Gasteiger partial charge in [-0.05, 0) is 24.5 Å². The molecule has 0 aliphatic rings. The predicted molar refractivity (Wildman–Crippen MR) is 93.0 cm³/mol. The van der Waals surface area contributed by atoms with Crippen LogP contribution in [0.3, 0.4) is 0 Å². The van der Waals surface area contributed by atoms with Crippen molar-refractivity contribution in [2.45, 2.75) is 38.6 Å². The van der Waals surface area contributed by atoms with E-state index in [0.29, 0.717) is 17.7 Å². The number of hydrogen-bond acceptors (Lipinski definition) is 6. The molecule has 7 heteroatoms. The Hall–Kier alpha value is -2.02. The fourth-order valence-electron chi connectivity index (χ4n) is 1.99. The first-order valence-corrected chi connectivity index (χ1v) is 8.88. The molecule has 6 nitrogen and oxygen atoms in total. The van der Waals surface area contributed by atoms with Gasteiger partial charge in [-0.3, -0.25) is 4.79 Å². The van der Waals surface area contributed by atoms with E-state index >= 15 is 0 Å². The van der Waals surface area contributed by atoms with Gasteiger partial charge in [0.15, 0.2) is 11.0 Å². The van der Waals surface area contributed by atoms with Crippen molar-refractivity contribution in [2.75, 3.05) is 12.9 Å². The Balaban J connectivity index is 2.07. The zero-order chi connectivity index (χ0) is 17.4. The number of nitrogens with zero attached hydrogens (tertiary/aromatic N) is 3. The summed E-state index contributed by atoms with van der Waals surface area (Å²) in [5, 5.41) is 9.14. The van der Waals surface area contributed by atoms with E-state index in [2.05, 4.69) is 28.8 Å². The van der Waals surface area contributed by atoms with Gasteiger partial charge in [-0.15, -0.1) is 10.2 Å². The van der Waals surface area contributed by atoms with Crippen molar-refractivity contribution in [1.29, 1.82) is 0 Å². The second-order valence-electron chi connectivity index (χ2n) is 5.70. The maximum absolute atomic E-state index is 11.4. The molecule has 0 bridgehead atoms. The van der Waals surface area contributed by atoms with Crippen molar-refractivity contribution < 1.29 is 14.3 Å². The van der Waals surface area contributed by atoms with Crippen molar-refractivity contribution >= 4 is 17.7 Å². The summed E-state index contributed by atoms with van der Waals surface area (Å²) in [6.07, 6.45) is 1.00. The number of rotatable bonds is 9. The monoisotopic (exact) mass is 349 g/mol. The number of para-hydroxylation sites is 1. The van der Waals surface area contributed by atoms with Crippen LogP contribution in [0.25, 0.3) is 0 Å². The summed E-state index contributed by atoms with van der Waals surface area (Å²) < 4.78 is 12.5. The van der Waals surface area contributed by atoms with Crippen molar-refractivity contribution in [3.05, 3.63) is 36.2 Å². The third kappa shape index (κ3) is 5.56. The number of hydrogen-bond donors (Lipinski definition) is 0. The normalized spacial score (nSPS) is 10.8. The molecule has 2 rings (SSSR count). The van der Waals surface area contributed by atoms with Crippen LogP contribution >= 0.6 is 11.8 Å². The molecule has 0 saturated heterocycles. The Morgan fingerprint density at radius 3 is 2.67 bits per heavy atom. The Morgan fingerprint density at radius 2 is 2.00 bits per heavy atom. The van der Waals surface area contributed by atoms with E-state index in [1.54, 1.807) is 0 Å². The minimum absolute atomic E-state index is 0.218. The van der Waals surface area contributed by atoms with Crippen LogP contribution in [0.4, 0.5) is 0 Å². The van der Waals surface area contributed by atoms with Crippen molar-refractivity contribution in [3.8, 4) is 5.75 Å². The Bertz CT molecular complexity index is 644. The van der Waals surface area contributed by atoms with Gasteiger partial charge in [0.2, 0.25) is 0 Å². The van der Waals surface area contributed by atoms with Gasteiger partial charge in [0.05, 0.1) is 12.9 Å². The summed E-state index contributed by atoms with van der Waals surface area (Å²) >= 11 is 1.33. The first-order valence-electron chi connectivity index (χ1n) is 7.89. The van der Waals surface area contributed by atoms with E-state index < -0.39 is 0 Å². The lowest BCUT2D eigenvalue weighted by Crippen LogP contribution is -2.11. The highest BCUT2D eigenvalue weighted by atomic mass is 32.2. The minimum atomic E-state index is -0.277. The largest absolute Gasteiger partial charge is 0.486 e. The molecule has 1 heterocycles. The van der Waals surface area contributed by atoms with Crippen molar-refractivity contribution in [3.63, 3.8) is 0 Å². The third-order valence-corrected chi connectivity index (χ3v) is 4.32. The Labute approximate surface area is 146 Å². The zero-order valence-corrected chi connectivity index (χ0v) is 15.1. The van der Waals surface area contributed by atoms with E-state index in [1.807, 2.05) is 34.9 Å². The third-order valence-electron chi connectivity index (χ3n) is 3.38. The lowest BCUT2D eigenvalue weighted by atomic mass is 10.1. The maximum Gasteiger partial charge on any atom is 0.316 e. The van der Waals surface area contributed by atoms with Gasteiger partial charge in [-0.2, -0.15) is 0 Å². The molecule has 24 heavy (non-hydrogen) atoms. The lowest BCUT2D eigenvalue weighted by Gasteiger charge is -2.12. The Kier molecular flexibility index (Phi) is 7.11. The second kappa shape index (κ2) is 9.32. The highest BCUT2D eigenvalue weighted by molar-refractivity contribution is 7.99. The minimum Gasteiger partial charge on any atom is -0.486 e. The maximum atomic E-state index is 11.4. The molecule has 0 atom stereocenters. The molecule has 0 aliphatic heterocycles. The van der Waals surface area contributed by atoms with Crippen molar-refractivity contribution in [1.82, 2.24) is 14.8 Å². The molecule has 0 saturated carbocycles. The molecule has 0 amide bonds. The summed E-state index contributed by atoms with van der Waals surface area (Å²) in [5.41, 5.74) is 0. The first-order chi connectivity index (χ1) is 11.6. The van der Waals surface area contributed by atoms with Gasteiger partial charge >= 0.3 is 5.97 Å². The van der Waals surface area contributed by atoms with Gasteiger partial charge in [0.1, 0.15) is 12.4 Å². The van der Waals surface area contributed by atoms with Gasteiger partial charge in [0, 0.05) is 6.54 Å². The molecular weight excluding hydrogens is 326 g/mol. The van der Waals surface area contributed by atoms with Crippen LogP contribution in [0.5, 0.6) is 5.75 Å². The van der Waals surface area contributed by atoms with E-state index in [1.165, 1.54) is 18.9 Å². The molecular formula is C17H23N3O3S. The highest BCUT2D eigenvalue weighted by Gasteiger charge is 2.15. The van der Waals surface area contributed by atoms with Crippen LogP contribution in [0, 0.1) is 5.92 Å². The van der Waals surface area contributed by atoms with Gasteiger partial charge in [-0.1, -0.05) is 43.8 Å². The Morgan fingerprint density at radius 1 is 1.25 bits per heavy atom. The van der Waals surface area contributed by atoms with Crippen LogP contribution in [-0.2, 0) is 22.7 Å². The van der Waals surface area contributed by atoms with Crippen LogP contribution < -0.4 is 4.74 Å². The molecule has 130 valence electrons. The summed E-state index contributed by atoms with van der Waals surface area (Å²) in [6.45, 7) is 5.48. The molecule has 0 unspecified atom stereocenters. The average molecular weight is 349 g/mol. The van der Waals surface area contributed by atoms with Crippen LogP contribution in [-0.4, -0.2) is 33.6 Å². The van der Waals surface area contributed by atoms with Gasteiger partial charge in [0.25, 0.3) is 0 Å². The standard InChI is InChI=1S/C17H23N3O3S/c1-13(2)9-10-20-15(11-23-14-7-5-4-6-8-14)18-19-17(20)24-12-16(21)22-3/h4-8,13H,9-12H2,1-3H3. The molecule has 0 N–H and O–H groups in total. The topological polar surface area (TPSA) is 66.2 Å². The summed E-state index contributed by atoms with van der Waals surface area (Å²) in [4.78, 5) is 11.4. The van der Waals surface area contributed by atoms with E-state index in [9.17, 15) is 4.79 Å². The molecule has 0 fully saturated rings. The van der Waals surface area contributed by atoms with E-state index in [-0.39, 0.29) is 11.7 Å². The summed E-state index contributed by atoms with van der Waals surface area (Å²) in [5.74, 6) is 2.05. The van der Waals surface area contributed by atoms with Crippen LogP contribution in [0.2, 0.25) is 0 Å². The number of methoxy groups -OCH3 is 1. The second-order valence-corrected chi connectivity index (χ2v) is 6.64. The number of esters is 1. The summed E-state index contributed by atoms with van der Waals surface area (Å²) in [6, 6.07) is 9.61. The molecule has 0 spiro atoms. The van der Waals surface area contributed by atoms with E-state index in [4.69, 9.17) is 4.74 Å². The van der Waals surface area contributed by atoms with Crippen molar-refractivity contribution in [2.24, 2.45) is 5.92 Å². The average Bonchev–Trinajstić information content (AvgIpc) is 2.98. The van der Waals surface area contributed by atoms with E-state index in [0.717, 1.165) is 24.5 Å². The SMILES string of the molecule is COC(=O)CSc1nnc(COc2ccccc2)n1CCC(C)C. The van der Waals surface area contributed by atoms with Gasteiger partial charge < -0.3 is 14.0 Å². The number of carbonyl (C=O) groups excluding carboxylic acids is 1. The lowest BCUT2D eigenvalue weighted by molar-refractivity contribution is -0.137. The number of carbonyl (C=O) groups is 1. The fraction of sp³-hybridized carbons (Fsp3) is 0.471. The number of benzene rings is 1. The number of thioether (sulfide) groups is 1.